The van der Waals surface area contributed by atoms with E-state index in [9.17, 15) is 0 Å². The minimum absolute atomic E-state index is 0.596. The Labute approximate surface area is 127 Å². The standard InChI is InChI=1S/C14H17N7O/c1-9-7-10-11(18-14(9)22-2)17-12(13-19-16-8-21(10)13)20-5-3-15-4-6-20/h7-8,15H,3-6H2,1-2H3. The molecule has 0 saturated carbocycles. The largest absolute Gasteiger partial charge is 0.481 e. The lowest BCUT2D eigenvalue weighted by Crippen LogP contribution is -2.44. The van der Waals surface area contributed by atoms with Crippen molar-refractivity contribution < 1.29 is 4.74 Å². The first-order valence-corrected chi connectivity index (χ1v) is 7.28. The number of aromatic nitrogens is 5. The Balaban J connectivity index is 1.98. The van der Waals surface area contributed by atoms with Crippen molar-refractivity contribution in [3.63, 3.8) is 0 Å². The molecule has 0 unspecified atom stereocenters. The number of hydrogen-bond donors (Lipinski definition) is 1. The van der Waals surface area contributed by atoms with Crippen LogP contribution in [0.2, 0.25) is 0 Å². The molecule has 0 aliphatic carbocycles. The highest BCUT2D eigenvalue weighted by Gasteiger charge is 2.19. The number of piperazine rings is 1. The molecule has 114 valence electrons. The Bertz CT molecular complexity index is 838. The van der Waals surface area contributed by atoms with Gasteiger partial charge in [-0.2, -0.15) is 4.98 Å². The summed E-state index contributed by atoms with van der Waals surface area (Å²) in [7, 11) is 1.62. The second kappa shape index (κ2) is 5.06. The first-order chi connectivity index (χ1) is 10.8. The highest BCUT2D eigenvalue weighted by molar-refractivity contribution is 5.81. The molecule has 0 atom stereocenters. The van der Waals surface area contributed by atoms with Crippen LogP contribution in [0.5, 0.6) is 5.88 Å². The van der Waals surface area contributed by atoms with Crippen LogP contribution in [-0.4, -0.2) is 57.9 Å². The van der Waals surface area contributed by atoms with Crippen LogP contribution >= 0.6 is 0 Å². The van der Waals surface area contributed by atoms with E-state index < -0.39 is 0 Å². The van der Waals surface area contributed by atoms with Crippen molar-refractivity contribution in [3.8, 4) is 5.88 Å². The molecule has 1 fully saturated rings. The highest BCUT2D eigenvalue weighted by atomic mass is 16.5. The molecular formula is C14H17N7O. The van der Waals surface area contributed by atoms with E-state index in [0.29, 0.717) is 11.5 Å². The minimum atomic E-state index is 0.596. The van der Waals surface area contributed by atoms with Gasteiger partial charge in [-0.25, -0.2) is 4.98 Å². The van der Waals surface area contributed by atoms with E-state index in [1.54, 1.807) is 13.4 Å². The molecule has 4 rings (SSSR count). The summed E-state index contributed by atoms with van der Waals surface area (Å²) in [6.07, 6.45) is 1.71. The van der Waals surface area contributed by atoms with E-state index in [-0.39, 0.29) is 0 Å². The molecule has 8 heteroatoms. The van der Waals surface area contributed by atoms with Crippen molar-refractivity contribution in [2.45, 2.75) is 6.92 Å². The number of nitrogens with one attached hydrogen (secondary N) is 1. The van der Waals surface area contributed by atoms with Crippen LogP contribution in [-0.2, 0) is 0 Å². The zero-order valence-corrected chi connectivity index (χ0v) is 12.6. The SMILES string of the molecule is COc1nc2nc(N3CCNCC3)c3nncn3c2cc1C. The van der Waals surface area contributed by atoms with Gasteiger partial charge < -0.3 is 15.0 Å². The van der Waals surface area contributed by atoms with E-state index in [0.717, 1.165) is 48.7 Å². The molecule has 0 bridgehead atoms. The normalized spacial score (nSPS) is 15.6. The van der Waals surface area contributed by atoms with E-state index >= 15 is 0 Å². The van der Waals surface area contributed by atoms with Gasteiger partial charge in [-0.3, -0.25) is 4.40 Å². The van der Waals surface area contributed by atoms with Gasteiger partial charge in [0.25, 0.3) is 0 Å². The summed E-state index contributed by atoms with van der Waals surface area (Å²) in [6, 6.07) is 2.01. The lowest BCUT2D eigenvalue weighted by atomic mass is 10.2. The van der Waals surface area contributed by atoms with E-state index in [1.807, 2.05) is 17.4 Å². The number of aryl methyl sites for hydroxylation is 1. The van der Waals surface area contributed by atoms with Crippen LogP contribution in [0.15, 0.2) is 12.4 Å². The Morgan fingerprint density at radius 3 is 2.82 bits per heavy atom. The summed E-state index contributed by atoms with van der Waals surface area (Å²) < 4.78 is 7.26. The summed E-state index contributed by atoms with van der Waals surface area (Å²) >= 11 is 0. The van der Waals surface area contributed by atoms with Gasteiger partial charge in [0.05, 0.1) is 12.6 Å². The van der Waals surface area contributed by atoms with Crippen molar-refractivity contribution in [2.75, 3.05) is 38.2 Å². The first kappa shape index (κ1) is 13.2. The molecule has 3 aromatic rings. The molecule has 0 amide bonds. The third kappa shape index (κ3) is 1.95. The Kier molecular flexibility index (Phi) is 3.04. The zero-order valence-electron chi connectivity index (χ0n) is 12.6. The maximum atomic E-state index is 5.32. The molecule has 22 heavy (non-hydrogen) atoms. The summed E-state index contributed by atoms with van der Waals surface area (Å²) in [4.78, 5) is 11.5. The molecule has 0 spiro atoms. The Morgan fingerprint density at radius 1 is 1.23 bits per heavy atom. The van der Waals surface area contributed by atoms with Gasteiger partial charge in [0.1, 0.15) is 6.33 Å². The van der Waals surface area contributed by atoms with Crippen LogP contribution in [0, 0.1) is 6.92 Å². The maximum absolute atomic E-state index is 5.32. The molecule has 8 nitrogen and oxygen atoms in total. The van der Waals surface area contributed by atoms with Gasteiger partial charge in [-0.1, -0.05) is 0 Å². The second-order valence-corrected chi connectivity index (χ2v) is 5.35. The number of pyridine rings is 1. The average molecular weight is 299 g/mol. The van der Waals surface area contributed by atoms with E-state index in [2.05, 4.69) is 25.4 Å². The number of nitrogens with zero attached hydrogens (tertiary/aromatic N) is 6. The van der Waals surface area contributed by atoms with Crippen molar-refractivity contribution in [3.05, 3.63) is 18.0 Å². The van der Waals surface area contributed by atoms with Gasteiger partial charge in [0.2, 0.25) is 11.5 Å². The summed E-state index contributed by atoms with van der Waals surface area (Å²) in [6.45, 7) is 5.62. The molecule has 3 aromatic heterocycles. The predicted octanol–water partition coefficient (Wildman–Crippen LogP) is 0.399. The second-order valence-electron chi connectivity index (χ2n) is 5.35. The molecule has 0 radical (unpaired) electrons. The average Bonchev–Trinajstić information content (AvgIpc) is 3.04. The maximum Gasteiger partial charge on any atom is 0.218 e. The first-order valence-electron chi connectivity index (χ1n) is 7.28. The van der Waals surface area contributed by atoms with Crippen LogP contribution in [0.1, 0.15) is 5.56 Å². The lowest BCUT2D eigenvalue weighted by molar-refractivity contribution is 0.396. The van der Waals surface area contributed by atoms with Gasteiger partial charge in [-0.15, -0.1) is 10.2 Å². The number of ether oxygens (including phenoxy) is 1. The Hall–Kier alpha value is -2.48. The van der Waals surface area contributed by atoms with E-state index in [4.69, 9.17) is 9.72 Å². The zero-order chi connectivity index (χ0) is 15.1. The van der Waals surface area contributed by atoms with Crippen molar-refractivity contribution in [1.82, 2.24) is 29.9 Å². The molecule has 0 aromatic carbocycles. The van der Waals surface area contributed by atoms with Crippen LogP contribution < -0.4 is 15.0 Å². The van der Waals surface area contributed by atoms with Crippen LogP contribution in [0.3, 0.4) is 0 Å². The highest BCUT2D eigenvalue weighted by Crippen LogP contribution is 2.26. The third-order valence-electron chi connectivity index (χ3n) is 3.96. The van der Waals surface area contributed by atoms with Crippen LogP contribution in [0.4, 0.5) is 5.82 Å². The summed E-state index contributed by atoms with van der Waals surface area (Å²) in [5, 5.41) is 11.6. The predicted molar refractivity (Wildman–Crippen MR) is 82.5 cm³/mol. The topological polar surface area (TPSA) is 80.5 Å². The van der Waals surface area contributed by atoms with Crippen LogP contribution in [0.25, 0.3) is 16.8 Å². The third-order valence-corrected chi connectivity index (χ3v) is 3.96. The molecule has 1 saturated heterocycles. The molecule has 4 heterocycles. The van der Waals surface area contributed by atoms with Gasteiger partial charge in [0.15, 0.2) is 11.5 Å². The molecule has 1 aliphatic heterocycles. The quantitative estimate of drug-likeness (QED) is 0.733. The number of fused-ring (bicyclic) bond motifs is 3. The van der Waals surface area contributed by atoms with Gasteiger partial charge >= 0.3 is 0 Å². The van der Waals surface area contributed by atoms with Crippen molar-refractivity contribution in [1.29, 1.82) is 0 Å². The fourth-order valence-corrected chi connectivity index (χ4v) is 2.84. The fraction of sp³-hybridized carbons (Fsp3) is 0.429. The monoisotopic (exact) mass is 299 g/mol. The van der Waals surface area contributed by atoms with Gasteiger partial charge in [-0.05, 0) is 13.0 Å². The number of anilines is 1. The lowest BCUT2D eigenvalue weighted by Gasteiger charge is -2.28. The van der Waals surface area contributed by atoms with Crippen molar-refractivity contribution in [2.24, 2.45) is 0 Å². The fourth-order valence-electron chi connectivity index (χ4n) is 2.84. The number of methoxy groups -OCH3 is 1. The smallest absolute Gasteiger partial charge is 0.218 e. The minimum Gasteiger partial charge on any atom is -0.481 e. The molecule has 1 N–H and O–H groups in total. The molecule has 1 aliphatic rings. The number of hydrogen-bond acceptors (Lipinski definition) is 7. The van der Waals surface area contributed by atoms with E-state index in [1.165, 1.54) is 0 Å². The summed E-state index contributed by atoms with van der Waals surface area (Å²) in [5.74, 6) is 1.42. The van der Waals surface area contributed by atoms with Crippen molar-refractivity contribution >= 4 is 22.6 Å². The number of rotatable bonds is 2. The Morgan fingerprint density at radius 2 is 2.05 bits per heavy atom. The summed E-state index contributed by atoms with van der Waals surface area (Å²) in [5.41, 5.74) is 3.25. The van der Waals surface area contributed by atoms with Gasteiger partial charge in [0, 0.05) is 31.7 Å². The molecular weight excluding hydrogens is 282 g/mol.